The van der Waals surface area contributed by atoms with Gasteiger partial charge < -0.3 is 5.11 Å². The first-order valence-electron chi connectivity index (χ1n) is 5.86. The predicted octanol–water partition coefficient (Wildman–Crippen LogP) is 1.79. The summed E-state index contributed by atoms with van der Waals surface area (Å²) < 4.78 is 26.5. The Kier molecular flexibility index (Phi) is 4.16. The van der Waals surface area contributed by atoms with Crippen molar-refractivity contribution in [1.29, 1.82) is 0 Å². The maximum Gasteiger partial charge on any atom is 0.326 e. The lowest BCUT2D eigenvalue weighted by molar-refractivity contribution is -0.139. The predicted molar refractivity (Wildman–Crippen MR) is 73.6 cm³/mol. The maximum atomic E-state index is 12.1. The van der Waals surface area contributed by atoms with Gasteiger partial charge in [0.25, 0.3) is 0 Å². The van der Waals surface area contributed by atoms with Crippen LogP contribution >= 0.6 is 0 Å². The van der Waals surface area contributed by atoms with E-state index in [1.54, 1.807) is 48.5 Å². The highest BCUT2D eigenvalue weighted by molar-refractivity contribution is 7.89. The van der Waals surface area contributed by atoms with E-state index < -0.39 is 22.0 Å². The van der Waals surface area contributed by atoms with E-state index in [9.17, 15) is 18.3 Å². The number of carboxylic acid groups (broad SMARTS) is 1. The van der Waals surface area contributed by atoms with Crippen LogP contribution < -0.4 is 4.72 Å². The van der Waals surface area contributed by atoms with Gasteiger partial charge in [-0.2, -0.15) is 4.72 Å². The third-order valence-electron chi connectivity index (χ3n) is 2.71. The number of aliphatic carboxylic acids is 1. The van der Waals surface area contributed by atoms with Crippen LogP contribution in [0.25, 0.3) is 0 Å². The molecular weight excluding hydrogens is 278 g/mol. The molecule has 2 rings (SSSR count). The summed E-state index contributed by atoms with van der Waals surface area (Å²) in [6, 6.07) is 14.5. The van der Waals surface area contributed by atoms with Gasteiger partial charge in [-0.15, -0.1) is 0 Å². The number of nitrogens with one attached hydrogen (secondary N) is 1. The maximum absolute atomic E-state index is 12.1. The van der Waals surface area contributed by atoms with Crippen molar-refractivity contribution in [2.24, 2.45) is 0 Å². The van der Waals surface area contributed by atoms with Gasteiger partial charge in [-0.3, -0.25) is 4.79 Å². The molecule has 104 valence electrons. The van der Waals surface area contributed by atoms with Crippen molar-refractivity contribution in [1.82, 2.24) is 4.72 Å². The van der Waals surface area contributed by atoms with Crippen LogP contribution in [0.3, 0.4) is 0 Å². The van der Waals surface area contributed by atoms with Gasteiger partial charge in [0.2, 0.25) is 10.0 Å². The molecule has 1 atom stereocenters. The van der Waals surface area contributed by atoms with Crippen LogP contribution in [0.2, 0.25) is 0 Å². The van der Waals surface area contributed by atoms with Crippen molar-refractivity contribution >= 4 is 16.0 Å². The quantitative estimate of drug-likeness (QED) is 0.879. The van der Waals surface area contributed by atoms with Gasteiger partial charge >= 0.3 is 5.97 Å². The van der Waals surface area contributed by atoms with Crippen LogP contribution in [-0.4, -0.2) is 19.5 Å². The number of benzene rings is 2. The second kappa shape index (κ2) is 5.85. The molecule has 0 unspecified atom stereocenters. The van der Waals surface area contributed by atoms with Crippen molar-refractivity contribution in [3.05, 3.63) is 66.2 Å². The number of sulfonamides is 1. The molecule has 2 N–H and O–H groups in total. The first kappa shape index (κ1) is 14.2. The molecule has 0 saturated carbocycles. The minimum absolute atomic E-state index is 0.0298. The van der Waals surface area contributed by atoms with Crippen LogP contribution in [0.5, 0.6) is 0 Å². The molecule has 0 spiro atoms. The lowest BCUT2D eigenvalue weighted by Gasteiger charge is -2.15. The van der Waals surface area contributed by atoms with Crippen molar-refractivity contribution in [2.45, 2.75) is 10.9 Å². The molecule has 0 aliphatic carbocycles. The van der Waals surface area contributed by atoms with Gasteiger partial charge in [0.05, 0.1) is 4.90 Å². The Hall–Kier alpha value is -2.18. The summed E-state index contributed by atoms with van der Waals surface area (Å²) >= 11 is 0. The highest BCUT2D eigenvalue weighted by atomic mass is 32.2. The summed E-state index contributed by atoms with van der Waals surface area (Å²) in [7, 11) is -3.88. The van der Waals surface area contributed by atoms with Gasteiger partial charge in [-0.1, -0.05) is 48.5 Å². The van der Waals surface area contributed by atoms with Crippen molar-refractivity contribution in [2.75, 3.05) is 0 Å². The minimum Gasteiger partial charge on any atom is -0.480 e. The molecular formula is C14H13NO4S. The molecule has 0 aliphatic rings. The van der Waals surface area contributed by atoms with E-state index in [-0.39, 0.29) is 4.90 Å². The van der Waals surface area contributed by atoms with Crippen LogP contribution in [0.4, 0.5) is 0 Å². The van der Waals surface area contributed by atoms with Crippen LogP contribution in [0, 0.1) is 0 Å². The summed E-state index contributed by atoms with van der Waals surface area (Å²) in [5, 5.41) is 9.21. The zero-order valence-corrected chi connectivity index (χ0v) is 11.2. The third-order valence-corrected chi connectivity index (χ3v) is 4.15. The summed E-state index contributed by atoms with van der Waals surface area (Å²) in [5.41, 5.74) is 0.375. The van der Waals surface area contributed by atoms with E-state index in [4.69, 9.17) is 0 Å². The first-order valence-corrected chi connectivity index (χ1v) is 7.34. The van der Waals surface area contributed by atoms with Crippen LogP contribution in [0.1, 0.15) is 11.6 Å². The summed E-state index contributed by atoms with van der Waals surface area (Å²) in [6.45, 7) is 0. The molecule has 20 heavy (non-hydrogen) atoms. The van der Waals surface area contributed by atoms with Crippen molar-refractivity contribution < 1.29 is 18.3 Å². The third kappa shape index (κ3) is 3.23. The van der Waals surface area contributed by atoms with E-state index >= 15 is 0 Å². The van der Waals surface area contributed by atoms with E-state index in [2.05, 4.69) is 4.72 Å². The molecule has 0 fully saturated rings. The lowest BCUT2D eigenvalue weighted by atomic mass is 10.1. The molecule has 6 heteroatoms. The fraction of sp³-hybridized carbons (Fsp3) is 0.0714. The van der Waals surface area contributed by atoms with E-state index in [1.165, 1.54) is 12.1 Å². The Morgan fingerprint density at radius 3 is 1.95 bits per heavy atom. The Morgan fingerprint density at radius 1 is 0.950 bits per heavy atom. The van der Waals surface area contributed by atoms with Gasteiger partial charge in [-0.25, -0.2) is 8.42 Å². The summed E-state index contributed by atoms with van der Waals surface area (Å²) in [5.74, 6) is -1.25. The Morgan fingerprint density at radius 2 is 1.45 bits per heavy atom. The lowest BCUT2D eigenvalue weighted by Crippen LogP contribution is -2.33. The number of carboxylic acids is 1. The smallest absolute Gasteiger partial charge is 0.326 e. The largest absolute Gasteiger partial charge is 0.480 e. The molecule has 0 bridgehead atoms. The number of hydrogen-bond donors (Lipinski definition) is 2. The molecule has 2 aromatic rings. The van der Waals surface area contributed by atoms with Gasteiger partial charge in [0, 0.05) is 0 Å². The monoisotopic (exact) mass is 291 g/mol. The standard InChI is InChI=1S/C14H13NO4S/c16-14(17)13(11-7-3-1-4-8-11)15-20(18,19)12-9-5-2-6-10-12/h1-10,13,15H,(H,16,17)/t13-/m0/s1. The fourth-order valence-corrected chi connectivity index (χ4v) is 2.93. The normalized spacial score (nSPS) is 12.8. The number of carbonyl (C=O) groups is 1. The van der Waals surface area contributed by atoms with Crippen molar-refractivity contribution in [3.8, 4) is 0 Å². The zero-order chi connectivity index (χ0) is 14.6. The molecule has 0 radical (unpaired) electrons. The van der Waals surface area contributed by atoms with E-state index in [1.807, 2.05) is 0 Å². The summed E-state index contributed by atoms with van der Waals surface area (Å²) in [6.07, 6.45) is 0. The number of hydrogen-bond acceptors (Lipinski definition) is 3. The van der Waals surface area contributed by atoms with Gasteiger partial charge in [0.15, 0.2) is 0 Å². The second-order valence-electron chi connectivity index (χ2n) is 4.12. The zero-order valence-electron chi connectivity index (χ0n) is 10.4. The van der Waals surface area contributed by atoms with E-state index in [0.717, 1.165) is 0 Å². The highest BCUT2D eigenvalue weighted by Gasteiger charge is 2.26. The SMILES string of the molecule is O=C(O)[C@@H](NS(=O)(=O)c1ccccc1)c1ccccc1. The Bertz CT molecular complexity index is 684. The minimum atomic E-state index is -3.88. The first-order chi connectivity index (χ1) is 9.50. The van der Waals surface area contributed by atoms with Gasteiger partial charge in [-0.05, 0) is 17.7 Å². The average Bonchev–Trinajstić information content (AvgIpc) is 2.46. The molecule has 0 aliphatic heterocycles. The van der Waals surface area contributed by atoms with Crippen molar-refractivity contribution in [3.63, 3.8) is 0 Å². The Balaban J connectivity index is 2.33. The molecule has 2 aromatic carbocycles. The van der Waals surface area contributed by atoms with Gasteiger partial charge in [0.1, 0.15) is 6.04 Å². The molecule has 0 aromatic heterocycles. The molecule has 0 saturated heterocycles. The molecule has 0 amide bonds. The van der Waals surface area contributed by atoms with Crippen LogP contribution in [-0.2, 0) is 14.8 Å². The Labute approximate surface area is 116 Å². The summed E-state index contributed by atoms with van der Waals surface area (Å²) in [4.78, 5) is 11.3. The number of rotatable bonds is 5. The topological polar surface area (TPSA) is 83.5 Å². The molecule has 5 nitrogen and oxygen atoms in total. The van der Waals surface area contributed by atoms with Crippen LogP contribution in [0.15, 0.2) is 65.6 Å². The van der Waals surface area contributed by atoms with E-state index in [0.29, 0.717) is 5.56 Å². The second-order valence-corrected chi connectivity index (χ2v) is 5.83. The fourth-order valence-electron chi connectivity index (χ4n) is 1.73. The highest BCUT2D eigenvalue weighted by Crippen LogP contribution is 2.17. The molecule has 0 heterocycles. The average molecular weight is 291 g/mol.